The second-order valence-electron chi connectivity index (χ2n) is 6.18. The summed E-state index contributed by atoms with van der Waals surface area (Å²) < 4.78 is 29.6. The number of halogens is 2. The minimum absolute atomic E-state index is 0.0555. The molecule has 1 N–H and O–H groups in total. The number of nitrogens with one attached hydrogen (secondary N) is 1. The van der Waals surface area contributed by atoms with Crippen LogP contribution in [0.3, 0.4) is 0 Å². The van der Waals surface area contributed by atoms with E-state index in [9.17, 15) is 13.6 Å². The fraction of sp³-hybridized carbons (Fsp3) is 0.0455. The highest BCUT2D eigenvalue weighted by atomic mass is 19.3. The number of nitrogens with zero attached hydrogens (tertiary/aromatic N) is 2. The standard InChI is InChI=1S/C22H15F2N3O2/c23-22(24)29-17-7-1-5-15(12-17)18-8-2-4-14-9-10-19(27-20(14)18)21(28)26-16-6-3-11-25-13-16/h1-13,22H,(H,26,28). The molecule has 4 aromatic rings. The number of para-hydroxylation sites is 1. The Morgan fingerprint density at radius 2 is 1.86 bits per heavy atom. The van der Waals surface area contributed by atoms with Crippen molar-refractivity contribution in [3.8, 4) is 16.9 Å². The fourth-order valence-electron chi connectivity index (χ4n) is 2.98. The zero-order chi connectivity index (χ0) is 20.2. The lowest BCUT2D eigenvalue weighted by Gasteiger charge is -2.10. The van der Waals surface area contributed by atoms with Crippen molar-refractivity contribution in [2.45, 2.75) is 6.61 Å². The number of fused-ring (bicyclic) bond motifs is 1. The number of alkyl halides is 2. The van der Waals surface area contributed by atoms with Crippen LogP contribution in [0.15, 0.2) is 79.1 Å². The number of hydrogen-bond acceptors (Lipinski definition) is 4. The molecule has 4 rings (SSSR count). The van der Waals surface area contributed by atoms with E-state index in [-0.39, 0.29) is 17.4 Å². The van der Waals surface area contributed by atoms with E-state index in [1.54, 1.807) is 48.8 Å². The summed E-state index contributed by atoms with van der Waals surface area (Å²) >= 11 is 0. The predicted octanol–water partition coefficient (Wildman–Crippen LogP) is 5.15. The minimum atomic E-state index is -2.90. The maximum atomic E-state index is 12.6. The molecule has 0 fully saturated rings. The topological polar surface area (TPSA) is 64.1 Å². The Labute approximate surface area is 165 Å². The monoisotopic (exact) mass is 391 g/mol. The van der Waals surface area contributed by atoms with Gasteiger partial charge in [-0.25, -0.2) is 4.98 Å². The van der Waals surface area contributed by atoms with Crippen molar-refractivity contribution in [2.75, 3.05) is 5.32 Å². The molecule has 0 saturated heterocycles. The third-order valence-corrected chi connectivity index (χ3v) is 4.24. The maximum Gasteiger partial charge on any atom is 0.387 e. The van der Waals surface area contributed by atoms with Gasteiger partial charge in [0.1, 0.15) is 11.4 Å². The highest BCUT2D eigenvalue weighted by Gasteiger charge is 2.13. The van der Waals surface area contributed by atoms with E-state index in [4.69, 9.17) is 0 Å². The molecule has 0 unspecified atom stereocenters. The normalized spacial score (nSPS) is 10.9. The highest BCUT2D eigenvalue weighted by Crippen LogP contribution is 2.30. The number of rotatable bonds is 5. The van der Waals surface area contributed by atoms with Gasteiger partial charge >= 0.3 is 6.61 Å². The summed E-state index contributed by atoms with van der Waals surface area (Å²) in [5.41, 5.74) is 2.74. The van der Waals surface area contributed by atoms with E-state index in [0.717, 1.165) is 5.39 Å². The largest absolute Gasteiger partial charge is 0.435 e. The Balaban J connectivity index is 1.72. The van der Waals surface area contributed by atoms with E-state index < -0.39 is 6.61 Å². The van der Waals surface area contributed by atoms with Gasteiger partial charge in [0.15, 0.2) is 0 Å². The van der Waals surface area contributed by atoms with Crippen LogP contribution >= 0.6 is 0 Å². The summed E-state index contributed by atoms with van der Waals surface area (Å²) in [6.45, 7) is -2.90. The minimum Gasteiger partial charge on any atom is -0.435 e. The molecule has 2 aromatic carbocycles. The Hall–Kier alpha value is -3.87. The van der Waals surface area contributed by atoms with Crippen molar-refractivity contribution >= 4 is 22.5 Å². The summed E-state index contributed by atoms with van der Waals surface area (Å²) in [7, 11) is 0. The van der Waals surface area contributed by atoms with Crippen LogP contribution in [0.1, 0.15) is 10.5 Å². The number of benzene rings is 2. The summed E-state index contributed by atoms with van der Waals surface area (Å²) in [6, 6.07) is 18.8. The number of anilines is 1. The number of aromatic nitrogens is 2. The van der Waals surface area contributed by atoms with Crippen molar-refractivity contribution in [1.82, 2.24) is 9.97 Å². The van der Waals surface area contributed by atoms with Crippen molar-refractivity contribution in [1.29, 1.82) is 0 Å². The SMILES string of the molecule is O=C(Nc1cccnc1)c1ccc2cccc(-c3cccc(OC(F)F)c3)c2n1. The van der Waals surface area contributed by atoms with Crippen LogP contribution in [-0.4, -0.2) is 22.5 Å². The lowest BCUT2D eigenvalue weighted by Crippen LogP contribution is -2.13. The second-order valence-corrected chi connectivity index (χ2v) is 6.18. The van der Waals surface area contributed by atoms with Crippen LogP contribution in [0.4, 0.5) is 14.5 Å². The molecule has 0 aliphatic carbocycles. The smallest absolute Gasteiger partial charge is 0.387 e. The molecule has 2 aromatic heterocycles. The summed E-state index contributed by atoms with van der Waals surface area (Å²) in [4.78, 5) is 21.1. The molecule has 2 heterocycles. The molecule has 0 aliphatic rings. The van der Waals surface area contributed by atoms with Crippen LogP contribution in [0.2, 0.25) is 0 Å². The molecule has 5 nitrogen and oxygen atoms in total. The van der Waals surface area contributed by atoms with Gasteiger partial charge in [0, 0.05) is 17.1 Å². The molecule has 29 heavy (non-hydrogen) atoms. The first-order chi connectivity index (χ1) is 14.1. The quantitative estimate of drug-likeness (QED) is 0.511. The molecule has 0 radical (unpaired) electrons. The molecule has 7 heteroatoms. The number of carbonyl (C=O) groups excluding carboxylic acids is 1. The van der Waals surface area contributed by atoms with Gasteiger partial charge in [-0.3, -0.25) is 9.78 Å². The molecule has 0 saturated carbocycles. The van der Waals surface area contributed by atoms with Crippen molar-refractivity contribution in [2.24, 2.45) is 0 Å². The van der Waals surface area contributed by atoms with E-state index in [1.165, 1.54) is 12.1 Å². The average Bonchev–Trinajstić information content (AvgIpc) is 2.73. The van der Waals surface area contributed by atoms with Crippen LogP contribution in [-0.2, 0) is 0 Å². The molecule has 0 atom stereocenters. The van der Waals surface area contributed by atoms with Gasteiger partial charge < -0.3 is 10.1 Å². The number of pyridine rings is 2. The van der Waals surface area contributed by atoms with Gasteiger partial charge in [-0.05, 0) is 35.9 Å². The van der Waals surface area contributed by atoms with E-state index in [0.29, 0.717) is 22.3 Å². The molecular formula is C22H15F2N3O2. The van der Waals surface area contributed by atoms with E-state index in [1.807, 2.05) is 18.2 Å². The first-order valence-corrected chi connectivity index (χ1v) is 8.76. The highest BCUT2D eigenvalue weighted by molar-refractivity contribution is 6.05. The van der Waals surface area contributed by atoms with Gasteiger partial charge in [0.05, 0.1) is 17.4 Å². The summed E-state index contributed by atoms with van der Waals surface area (Å²) in [5, 5.41) is 3.57. The Morgan fingerprint density at radius 1 is 1.00 bits per heavy atom. The van der Waals surface area contributed by atoms with Crippen molar-refractivity contribution in [3.63, 3.8) is 0 Å². The van der Waals surface area contributed by atoms with E-state index in [2.05, 4.69) is 20.0 Å². The van der Waals surface area contributed by atoms with Crippen LogP contribution in [0.5, 0.6) is 5.75 Å². The first-order valence-electron chi connectivity index (χ1n) is 8.76. The Bertz CT molecular complexity index is 1170. The molecule has 0 spiro atoms. The number of carbonyl (C=O) groups is 1. The van der Waals surface area contributed by atoms with Gasteiger partial charge in [-0.15, -0.1) is 0 Å². The van der Waals surface area contributed by atoms with Crippen molar-refractivity contribution in [3.05, 3.63) is 84.8 Å². The molecule has 0 aliphatic heterocycles. The number of hydrogen-bond donors (Lipinski definition) is 1. The fourth-order valence-corrected chi connectivity index (χ4v) is 2.98. The first kappa shape index (κ1) is 18.5. The zero-order valence-corrected chi connectivity index (χ0v) is 15.0. The van der Waals surface area contributed by atoms with E-state index >= 15 is 0 Å². The molecule has 144 valence electrons. The molecule has 1 amide bonds. The lowest BCUT2D eigenvalue weighted by molar-refractivity contribution is -0.0498. The molecule has 0 bridgehead atoms. The lowest BCUT2D eigenvalue weighted by atomic mass is 10.0. The third kappa shape index (κ3) is 4.19. The van der Waals surface area contributed by atoms with Gasteiger partial charge in [0.2, 0.25) is 0 Å². The number of amides is 1. The van der Waals surface area contributed by atoms with Gasteiger partial charge in [-0.1, -0.05) is 36.4 Å². The average molecular weight is 391 g/mol. The Morgan fingerprint density at radius 3 is 2.66 bits per heavy atom. The zero-order valence-electron chi connectivity index (χ0n) is 15.0. The maximum absolute atomic E-state index is 12.6. The van der Waals surface area contributed by atoms with Crippen LogP contribution in [0.25, 0.3) is 22.0 Å². The van der Waals surface area contributed by atoms with Crippen LogP contribution in [0, 0.1) is 0 Å². The third-order valence-electron chi connectivity index (χ3n) is 4.24. The predicted molar refractivity (Wildman–Crippen MR) is 106 cm³/mol. The number of ether oxygens (including phenoxy) is 1. The van der Waals surface area contributed by atoms with Crippen LogP contribution < -0.4 is 10.1 Å². The van der Waals surface area contributed by atoms with Gasteiger partial charge in [0.25, 0.3) is 5.91 Å². The second kappa shape index (κ2) is 8.02. The Kier molecular flexibility index (Phi) is 5.11. The summed E-state index contributed by atoms with van der Waals surface area (Å²) in [5.74, 6) is -0.315. The summed E-state index contributed by atoms with van der Waals surface area (Å²) in [6.07, 6.45) is 3.15. The van der Waals surface area contributed by atoms with Gasteiger partial charge in [-0.2, -0.15) is 8.78 Å². The molecular weight excluding hydrogens is 376 g/mol. The van der Waals surface area contributed by atoms with Crippen molar-refractivity contribution < 1.29 is 18.3 Å².